The SMILES string of the molecule is COC(=O)c1cc2cc(OC)c(O)cc2c(-c2ccc(O)c(OC)c2)c1C(=O)OC. The predicted molar refractivity (Wildman–Crippen MR) is 108 cm³/mol. The van der Waals surface area contributed by atoms with E-state index in [2.05, 4.69) is 0 Å². The van der Waals surface area contributed by atoms with Crippen molar-refractivity contribution in [2.75, 3.05) is 28.4 Å². The molecule has 0 saturated carbocycles. The Balaban J connectivity index is 2.54. The van der Waals surface area contributed by atoms with Crippen molar-refractivity contribution >= 4 is 22.7 Å². The summed E-state index contributed by atoms with van der Waals surface area (Å²) in [4.78, 5) is 25.2. The second kappa shape index (κ2) is 8.20. The molecule has 3 aromatic carbocycles. The summed E-state index contributed by atoms with van der Waals surface area (Å²) in [6, 6.07) is 8.90. The molecular weight excluding hydrogens is 392 g/mol. The fraction of sp³-hybridized carbons (Fsp3) is 0.182. The lowest BCUT2D eigenvalue weighted by atomic mass is 9.89. The predicted octanol–water partition coefficient (Wildman–Crippen LogP) is 3.51. The van der Waals surface area contributed by atoms with E-state index in [-0.39, 0.29) is 34.1 Å². The molecule has 0 bridgehead atoms. The van der Waals surface area contributed by atoms with Crippen LogP contribution in [0.4, 0.5) is 0 Å². The van der Waals surface area contributed by atoms with Crippen LogP contribution in [-0.4, -0.2) is 50.6 Å². The summed E-state index contributed by atoms with van der Waals surface area (Å²) in [6.45, 7) is 0. The minimum absolute atomic E-state index is 0.0216. The zero-order chi connectivity index (χ0) is 22.0. The van der Waals surface area contributed by atoms with E-state index < -0.39 is 11.9 Å². The van der Waals surface area contributed by atoms with E-state index in [1.165, 1.54) is 52.7 Å². The van der Waals surface area contributed by atoms with Crippen LogP contribution < -0.4 is 9.47 Å². The summed E-state index contributed by atoms with van der Waals surface area (Å²) < 4.78 is 20.1. The molecule has 0 saturated heterocycles. The molecule has 3 rings (SSSR count). The Bertz CT molecular complexity index is 1150. The Morgan fingerprint density at radius 2 is 1.40 bits per heavy atom. The molecule has 0 aliphatic rings. The molecule has 0 aliphatic carbocycles. The van der Waals surface area contributed by atoms with Gasteiger partial charge in [-0.1, -0.05) is 6.07 Å². The van der Waals surface area contributed by atoms with E-state index in [0.717, 1.165) is 0 Å². The maximum Gasteiger partial charge on any atom is 0.339 e. The fourth-order valence-corrected chi connectivity index (χ4v) is 3.30. The van der Waals surface area contributed by atoms with Crippen LogP contribution in [0, 0.1) is 0 Å². The van der Waals surface area contributed by atoms with Gasteiger partial charge < -0.3 is 29.2 Å². The minimum Gasteiger partial charge on any atom is -0.504 e. The van der Waals surface area contributed by atoms with E-state index in [9.17, 15) is 19.8 Å². The third-order valence-electron chi connectivity index (χ3n) is 4.70. The van der Waals surface area contributed by atoms with Crippen molar-refractivity contribution in [2.45, 2.75) is 0 Å². The largest absolute Gasteiger partial charge is 0.504 e. The molecule has 0 amide bonds. The molecule has 3 aromatic rings. The third kappa shape index (κ3) is 3.43. The summed E-state index contributed by atoms with van der Waals surface area (Å²) in [7, 11) is 5.19. The first-order chi connectivity index (χ1) is 14.4. The summed E-state index contributed by atoms with van der Waals surface area (Å²) in [5, 5.41) is 21.3. The number of hydrogen-bond acceptors (Lipinski definition) is 8. The molecule has 30 heavy (non-hydrogen) atoms. The van der Waals surface area contributed by atoms with Crippen LogP contribution in [-0.2, 0) is 9.47 Å². The lowest BCUT2D eigenvalue weighted by Gasteiger charge is -2.18. The van der Waals surface area contributed by atoms with Gasteiger partial charge in [0, 0.05) is 5.56 Å². The van der Waals surface area contributed by atoms with Gasteiger partial charge in [0.25, 0.3) is 0 Å². The average Bonchev–Trinajstić information content (AvgIpc) is 2.76. The zero-order valence-electron chi connectivity index (χ0n) is 16.8. The molecule has 0 radical (unpaired) electrons. The van der Waals surface area contributed by atoms with Crippen LogP contribution in [0.1, 0.15) is 20.7 Å². The van der Waals surface area contributed by atoms with Gasteiger partial charge in [0.05, 0.1) is 39.6 Å². The second-order valence-electron chi connectivity index (χ2n) is 6.29. The van der Waals surface area contributed by atoms with Gasteiger partial charge in [-0.25, -0.2) is 9.59 Å². The van der Waals surface area contributed by atoms with Gasteiger partial charge in [-0.3, -0.25) is 0 Å². The van der Waals surface area contributed by atoms with Gasteiger partial charge in [-0.05, 0) is 46.7 Å². The molecule has 8 heteroatoms. The van der Waals surface area contributed by atoms with Crippen molar-refractivity contribution in [1.29, 1.82) is 0 Å². The van der Waals surface area contributed by atoms with Gasteiger partial charge in [-0.2, -0.15) is 0 Å². The van der Waals surface area contributed by atoms with Crippen molar-refractivity contribution in [3.8, 4) is 34.1 Å². The number of ether oxygens (including phenoxy) is 4. The van der Waals surface area contributed by atoms with E-state index in [1.807, 2.05) is 0 Å². The Kier molecular flexibility index (Phi) is 5.68. The normalized spacial score (nSPS) is 10.5. The van der Waals surface area contributed by atoms with Crippen LogP contribution in [0.2, 0.25) is 0 Å². The van der Waals surface area contributed by atoms with Crippen molar-refractivity contribution in [2.24, 2.45) is 0 Å². The van der Waals surface area contributed by atoms with E-state index in [4.69, 9.17) is 18.9 Å². The number of fused-ring (bicyclic) bond motifs is 1. The molecule has 0 aliphatic heterocycles. The first-order valence-electron chi connectivity index (χ1n) is 8.78. The van der Waals surface area contributed by atoms with Gasteiger partial charge in [0.15, 0.2) is 23.0 Å². The van der Waals surface area contributed by atoms with Gasteiger partial charge in [0.1, 0.15) is 0 Å². The number of methoxy groups -OCH3 is 4. The fourth-order valence-electron chi connectivity index (χ4n) is 3.30. The minimum atomic E-state index is -0.769. The van der Waals surface area contributed by atoms with Crippen LogP contribution in [0.25, 0.3) is 21.9 Å². The molecule has 0 fully saturated rings. The Labute approximate surface area is 172 Å². The molecule has 8 nitrogen and oxygen atoms in total. The number of phenolic OH excluding ortho intramolecular Hbond substituents is 2. The summed E-state index contributed by atoms with van der Waals surface area (Å²) in [5.41, 5.74) is 0.683. The van der Waals surface area contributed by atoms with Crippen LogP contribution in [0.5, 0.6) is 23.0 Å². The average molecular weight is 412 g/mol. The molecule has 0 spiro atoms. The van der Waals surface area contributed by atoms with Crippen molar-refractivity contribution in [3.63, 3.8) is 0 Å². The maximum absolute atomic E-state index is 12.7. The smallest absolute Gasteiger partial charge is 0.339 e. The van der Waals surface area contributed by atoms with Gasteiger partial charge in [0.2, 0.25) is 0 Å². The number of esters is 2. The third-order valence-corrected chi connectivity index (χ3v) is 4.70. The highest BCUT2D eigenvalue weighted by Crippen LogP contribution is 2.42. The van der Waals surface area contributed by atoms with E-state index >= 15 is 0 Å². The number of aromatic hydroxyl groups is 2. The Hall–Kier alpha value is -3.94. The van der Waals surface area contributed by atoms with E-state index in [0.29, 0.717) is 21.9 Å². The van der Waals surface area contributed by atoms with Crippen LogP contribution in [0.15, 0.2) is 36.4 Å². The number of carbonyl (C=O) groups is 2. The molecule has 0 unspecified atom stereocenters. The van der Waals surface area contributed by atoms with Crippen molar-refractivity contribution in [1.82, 2.24) is 0 Å². The first kappa shape index (κ1) is 20.8. The lowest BCUT2D eigenvalue weighted by molar-refractivity contribution is 0.0556. The highest BCUT2D eigenvalue weighted by Gasteiger charge is 2.27. The number of benzene rings is 3. The number of carbonyl (C=O) groups excluding carboxylic acids is 2. The lowest BCUT2D eigenvalue weighted by Crippen LogP contribution is -2.14. The van der Waals surface area contributed by atoms with Crippen molar-refractivity contribution in [3.05, 3.63) is 47.5 Å². The highest BCUT2D eigenvalue weighted by molar-refractivity contribution is 6.16. The molecular formula is C22H20O8. The molecule has 156 valence electrons. The maximum atomic E-state index is 12.7. The van der Waals surface area contributed by atoms with Crippen molar-refractivity contribution < 1.29 is 38.7 Å². The molecule has 0 heterocycles. The summed E-state index contributed by atoms with van der Waals surface area (Å²) in [6.07, 6.45) is 0. The zero-order valence-corrected chi connectivity index (χ0v) is 16.8. The van der Waals surface area contributed by atoms with Gasteiger partial charge in [-0.15, -0.1) is 0 Å². The Morgan fingerprint density at radius 1 is 0.767 bits per heavy atom. The number of hydrogen-bond donors (Lipinski definition) is 2. The molecule has 0 aromatic heterocycles. The number of phenols is 2. The second-order valence-corrected chi connectivity index (χ2v) is 6.29. The number of rotatable bonds is 5. The van der Waals surface area contributed by atoms with Crippen LogP contribution in [0.3, 0.4) is 0 Å². The molecule has 0 atom stereocenters. The summed E-state index contributed by atoms with van der Waals surface area (Å²) in [5.74, 6) is -1.40. The first-order valence-corrected chi connectivity index (χ1v) is 8.78. The van der Waals surface area contributed by atoms with Crippen LogP contribution >= 0.6 is 0 Å². The van der Waals surface area contributed by atoms with E-state index in [1.54, 1.807) is 12.1 Å². The summed E-state index contributed by atoms with van der Waals surface area (Å²) >= 11 is 0. The molecule has 2 N–H and O–H groups in total. The standard InChI is InChI=1S/C22H20O8/c1-27-17-8-11(5-6-15(17)23)19-13-10-16(24)18(28-2)9-12(13)7-14(21(25)29-3)20(19)22(26)30-4/h5-10,23-24H,1-4H3. The highest BCUT2D eigenvalue weighted by atomic mass is 16.5. The monoisotopic (exact) mass is 412 g/mol. The quantitative estimate of drug-likeness (QED) is 0.613. The Morgan fingerprint density at radius 3 is 2.00 bits per heavy atom. The topological polar surface area (TPSA) is 112 Å². The van der Waals surface area contributed by atoms with Gasteiger partial charge >= 0.3 is 11.9 Å².